The number of benzene rings is 1. The molecule has 6 nitrogen and oxygen atoms in total. The summed E-state index contributed by atoms with van der Waals surface area (Å²) in [5.74, 6) is 0.122. The van der Waals surface area contributed by atoms with E-state index in [0.29, 0.717) is 37.0 Å². The Morgan fingerprint density at radius 1 is 1.27 bits per heavy atom. The largest absolute Gasteiger partial charge is 0.573 e. The Kier molecular flexibility index (Phi) is 6.96. The fourth-order valence-corrected chi connectivity index (χ4v) is 3.22. The number of nitrogens with one attached hydrogen (secondary N) is 2. The van der Waals surface area contributed by atoms with Gasteiger partial charge in [0.25, 0.3) is 0 Å². The molecule has 0 amide bonds. The zero-order valence-corrected chi connectivity index (χ0v) is 16.4. The van der Waals surface area contributed by atoms with Gasteiger partial charge < -0.3 is 20.3 Å². The van der Waals surface area contributed by atoms with Crippen LogP contribution in [-0.2, 0) is 6.54 Å². The van der Waals surface area contributed by atoms with Crippen molar-refractivity contribution in [1.29, 1.82) is 0 Å². The van der Waals surface area contributed by atoms with Crippen LogP contribution in [0, 0.1) is 5.82 Å². The van der Waals surface area contributed by atoms with Crippen molar-refractivity contribution in [1.82, 2.24) is 15.6 Å². The number of pyridine rings is 1. The van der Waals surface area contributed by atoms with Crippen molar-refractivity contribution in [2.75, 3.05) is 24.5 Å². The molecule has 1 aromatic heterocycles. The third-order valence-electron chi connectivity index (χ3n) is 4.52. The maximum Gasteiger partial charge on any atom is 0.573 e. The fourth-order valence-electron chi connectivity index (χ4n) is 3.22. The summed E-state index contributed by atoms with van der Waals surface area (Å²) < 4.78 is 55.8. The first-order valence-corrected chi connectivity index (χ1v) is 9.59. The minimum atomic E-state index is -4.77. The zero-order chi connectivity index (χ0) is 21.6. The summed E-state index contributed by atoms with van der Waals surface area (Å²) in [4.78, 5) is 10.3. The number of alkyl halides is 3. The van der Waals surface area contributed by atoms with Crippen LogP contribution in [0.15, 0.2) is 47.6 Å². The second-order valence-electron chi connectivity index (χ2n) is 6.74. The van der Waals surface area contributed by atoms with Gasteiger partial charge in [0.05, 0.1) is 6.54 Å². The molecule has 2 aromatic rings. The number of hydrogen-bond donors (Lipinski definition) is 2. The van der Waals surface area contributed by atoms with Crippen molar-refractivity contribution < 1.29 is 22.3 Å². The normalized spacial score (nSPS) is 17.2. The van der Waals surface area contributed by atoms with Crippen molar-refractivity contribution in [3.05, 3.63) is 54.0 Å². The molecule has 1 aromatic carbocycles. The fraction of sp³-hybridized carbons (Fsp3) is 0.400. The molecule has 0 bridgehead atoms. The van der Waals surface area contributed by atoms with Gasteiger partial charge in [-0.1, -0.05) is 18.2 Å². The minimum absolute atomic E-state index is 0.00684. The molecular formula is C20H23F4N5O. The predicted molar refractivity (Wildman–Crippen MR) is 106 cm³/mol. The van der Waals surface area contributed by atoms with Gasteiger partial charge >= 0.3 is 6.36 Å². The topological polar surface area (TPSA) is 61.8 Å². The Morgan fingerprint density at radius 2 is 2.07 bits per heavy atom. The number of rotatable bonds is 6. The first kappa shape index (κ1) is 21.7. The maximum atomic E-state index is 14.0. The van der Waals surface area contributed by atoms with E-state index in [0.717, 1.165) is 6.42 Å². The summed E-state index contributed by atoms with van der Waals surface area (Å²) >= 11 is 0. The summed E-state index contributed by atoms with van der Waals surface area (Å²) in [7, 11) is 0. The Labute approximate surface area is 172 Å². The summed E-state index contributed by atoms with van der Waals surface area (Å²) in [6, 6.07) is 8.80. The summed E-state index contributed by atoms with van der Waals surface area (Å²) in [5, 5.41) is 6.34. The maximum absolute atomic E-state index is 14.0. The smallest absolute Gasteiger partial charge is 0.405 e. The SMILES string of the molecule is CCNC(=NCc1ccccc1OC(F)(F)F)NC1CCN(c2ncccc2F)C1. The highest BCUT2D eigenvalue weighted by Gasteiger charge is 2.32. The molecule has 1 aliphatic rings. The zero-order valence-electron chi connectivity index (χ0n) is 16.4. The van der Waals surface area contributed by atoms with E-state index in [1.807, 2.05) is 11.8 Å². The molecule has 1 fully saturated rings. The van der Waals surface area contributed by atoms with Crippen molar-refractivity contribution in [2.24, 2.45) is 4.99 Å². The minimum Gasteiger partial charge on any atom is -0.405 e. The van der Waals surface area contributed by atoms with E-state index in [1.165, 1.54) is 24.3 Å². The Hall–Kier alpha value is -3.04. The molecule has 10 heteroatoms. The number of guanidine groups is 1. The van der Waals surface area contributed by atoms with Crippen LogP contribution in [-0.4, -0.2) is 43.0 Å². The van der Waals surface area contributed by atoms with Gasteiger partial charge in [-0.15, -0.1) is 13.2 Å². The van der Waals surface area contributed by atoms with Crippen LogP contribution < -0.4 is 20.3 Å². The number of aliphatic imine (C=N–C) groups is 1. The number of nitrogens with zero attached hydrogens (tertiary/aromatic N) is 3. The van der Waals surface area contributed by atoms with Crippen molar-refractivity contribution >= 4 is 11.8 Å². The highest BCUT2D eigenvalue weighted by Crippen LogP contribution is 2.26. The number of ether oxygens (including phenoxy) is 1. The first-order valence-electron chi connectivity index (χ1n) is 9.59. The third-order valence-corrected chi connectivity index (χ3v) is 4.52. The molecule has 0 saturated carbocycles. The number of halogens is 4. The van der Waals surface area contributed by atoms with E-state index in [9.17, 15) is 17.6 Å². The van der Waals surface area contributed by atoms with E-state index < -0.39 is 6.36 Å². The molecule has 1 atom stereocenters. The molecule has 3 rings (SSSR count). The molecule has 30 heavy (non-hydrogen) atoms. The molecule has 2 N–H and O–H groups in total. The Morgan fingerprint density at radius 3 is 2.80 bits per heavy atom. The van der Waals surface area contributed by atoms with E-state index in [4.69, 9.17) is 0 Å². The molecule has 1 saturated heterocycles. The van der Waals surface area contributed by atoms with E-state index in [1.54, 1.807) is 18.3 Å². The predicted octanol–water partition coefficient (Wildman–Crippen LogP) is 3.45. The number of anilines is 1. The lowest BCUT2D eigenvalue weighted by Crippen LogP contribution is -2.44. The van der Waals surface area contributed by atoms with E-state index >= 15 is 0 Å². The van der Waals surface area contributed by atoms with Gasteiger partial charge in [-0.3, -0.25) is 0 Å². The second kappa shape index (κ2) is 9.64. The third kappa shape index (κ3) is 5.98. The highest BCUT2D eigenvalue weighted by atomic mass is 19.4. The lowest BCUT2D eigenvalue weighted by atomic mass is 10.2. The van der Waals surface area contributed by atoms with Crippen LogP contribution in [0.3, 0.4) is 0 Å². The summed E-state index contributed by atoms with van der Waals surface area (Å²) in [5.41, 5.74) is 0.315. The number of aromatic nitrogens is 1. The van der Waals surface area contributed by atoms with Crippen molar-refractivity contribution in [2.45, 2.75) is 32.3 Å². The molecule has 1 unspecified atom stereocenters. The lowest BCUT2D eigenvalue weighted by molar-refractivity contribution is -0.274. The van der Waals surface area contributed by atoms with E-state index in [-0.39, 0.29) is 24.2 Å². The average molecular weight is 425 g/mol. The number of para-hydroxylation sites is 1. The second-order valence-corrected chi connectivity index (χ2v) is 6.74. The molecule has 0 spiro atoms. The van der Waals surface area contributed by atoms with Crippen molar-refractivity contribution in [3.63, 3.8) is 0 Å². The van der Waals surface area contributed by atoms with E-state index in [2.05, 4.69) is 25.3 Å². The van der Waals surface area contributed by atoms with Crippen LogP contribution >= 0.6 is 0 Å². The van der Waals surface area contributed by atoms with Gasteiger partial charge in [0, 0.05) is 37.4 Å². The van der Waals surface area contributed by atoms with Crippen LogP contribution in [0.1, 0.15) is 18.9 Å². The molecule has 0 radical (unpaired) electrons. The highest BCUT2D eigenvalue weighted by molar-refractivity contribution is 5.80. The molecule has 0 aliphatic carbocycles. The monoisotopic (exact) mass is 425 g/mol. The summed E-state index contributed by atoms with van der Waals surface area (Å²) in [6.07, 6.45) is -2.48. The molecule has 162 valence electrons. The molecule has 2 heterocycles. The molecular weight excluding hydrogens is 402 g/mol. The van der Waals surface area contributed by atoms with Gasteiger partial charge in [-0.25, -0.2) is 14.4 Å². The first-order chi connectivity index (χ1) is 14.4. The van der Waals surface area contributed by atoms with Gasteiger partial charge in [0.15, 0.2) is 17.6 Å². The van der Waals surface area contributed by atoms with Crippen LogP contribution in [0.25, 0.3) is 0 Å². The number of hydrogen-bond acceptors (Lipinski definition) is 4. The van der Waals surface area contributed by atoms with Gasteiger partial charge in [-0.2, -0.15) is 0 Å². The summed E-state index contributed by atoms with van der Waals surface area (Å²) in [6.45, 7) is 3.65. The molecule has 1 aliphatic heterocycles. The Bertz CT molecular complexity index is 874. The van der Waals surface area contributed by atoms with Gasteiger partial charge in [0.1, 0.15) is 5.75 Å². The van der Waals surface area contributed by atoms with Crippen LogP contribution in [0.4, 0.5) is 23.4 Å². The van der Waals surface area contributed by atoms with Gasteiger partial charge in [-0.05, 0) is 31.5 Å². The van der Waals surface area contributed by atoms with Crippen LogP contribution in [0.5, 0.6) is 5.75 Å². The quantitative estimate of drug-likeness (QED) is 0.422. The van der Waals surface area contributed by atoms with Gasteiger partial charge in [0.2, 0.25) is 0 Å². The standard InChI is InChI=1S/C20H23F4N5O/c1-2-25-19(27-12-14-6-3-4-8-17(14)30-20(22,23)24)28-15-9-11-29(13-15)18-16(21)7-5-10-26-18/h3-8,10,15H,2,9,11-13H2,1H3,(H2,25,27,28). The lowest BCUT2D eigenvalue weighted by Gasteiger charge is -2.20. The average Bonchev–Trinajstić information content (AvgIpc) is 3.15. The van der Waals surface area contributed by atoms with Crippen molar-refractivity contribution in [3.8, 4) is 5.75 Å². The van der Waals surface area contributed by atoms with Crippen LogP contribution in [0.2, 0.25) is 0 Å². The Balaban J connectivity index is 1.66.